The zero-order valence-electron chi connectivity index (χ0n) is 14.1. The third-order valence-electron chi connectivity index (χ3n) is 4.60. The summed E-state index contributed by atoms with van der Waals surface area (Å²) in [5.41, 5.74) is 4.36. The molecular weight excluding hydrogens is 304 g/mol. The van der Waals surface area contributed by atoms with Crippen LogP contribution >= 0.6 is 0 Å². The number of nitrogens with zero attached hydrogens (tertiary/aromatic N) is 6. The SMILES string of the molecule is Cc1nc2cnc(C3CCOC(c4cnn(C)c4)C3)nc2nc1C. The molecule has 1 aliphatic rings. The fraction of sp³-hybridized carbons (Fsp3) is 0.471. The monoisotopic (exact) mass is 324 g/mol. The van der Waals surface area contributed by atoms with E-state index in [2.05, 4.69) is 25.0 Å². The first-order valence-corrected chi connectivity index (χ1v) is 8.18. The fourth-order valence-electron chi connectivity index (χ4n) is 3.11. The third kappa shape index (κ3) is 2.75. The molecule has 0 aliphatic carbocycles. The number of fused-ring (bicyclic) bond motifs is 1. The highest BCUT2D eigenvalue weighted by Gasteiger charge is 2.28. The molecule has 2 atom stereocenters. The van der Waals surface area contributed by atoms with Crippen molar-refractivity contribution < 1.29 is 4.74 Å². The first-order valence-electron chi connectivity index (χ1n) is 8.18. The molecule has 0 aromatic carbocycles. The van der Waals surface area contributed by atoms with Crippen LogP contribution in [0.2, 0.25) is 0 Å². The highest BCUT2D eigenvalue weighted by molar-refractivity contribution is 5.68. The zero-order valence-corrected chi connectivity index (χ0v) is 14.1. The lowest BCUT2D eigenvalue weighted by Crippen LogP contribution is -2.20. The number of rotatable bonds is 2. The predicted molar refractivity (Wildman–Crippen MR) is 88.5 cm³/mol. The lowest BCUT2D eigenvalue weighted by molar-refractivity contribution is 0.00396. The summed E-state index contributed by atoms with van der Waals surface area (Å²) in [5.74, 6) is 1.09. The lowest BCUT2D eigenvalue weighted by atomic mass is 9.92. The summed E-state index contributed by atoms with van der Waals surface area (Å²) >= 11 is 0. The Bertz CT molecular complexity index is 890. The van der Waals surface area contributed by atoms with Crippen LogP contribution in [0.1, 0.15) is 47.6 Å². The molecule has 0 radical (unpaired) electrons. The van der Waals surface area contributed by atoms with E-state index < -0.39 is 0 Å². The van der Waals surface area contributed by atoms with Gasteiger partial charge in [-0.05, 0) is 26.7 Å². The van der Waals surface area contributed by atoms with E-state index in [-0.39, 0.29) is 12.0 Å². The molecule has 3 aromatic rings. The predicted octanol–water partition coefficient (Wildman–Crippen LogP) is 2.41. The van der Waals surface area contributed by atoms with E-state index >= 15 is 0 Å². The van der Waals surface area contributed by atoms with Gasteiger partial charge >= 0.3 is 0 Å². The van der Waals surface area contributed by atoms with Crippen LogP contribution < -0.4 is 0 Å². The topological polar surface area (TPSA) is 78.6 Å². The number of aromatic nitrogens is 6. The minimum Gasteiger partial charge on any atom is -0.373 e. The Morgan fingerprint density at radius 2 is 1.96 bits per heavy atom. The summed E-state index contributed by atoms with van der Waals surface area (Å²) in [5, 5.41) is 4.24. The Kier molecular flexibility index (Phi) is 3.72. The van der Waals surface area contributed by atoms with Crippen LogP contribution in [0, 0.1) is 13.8 Å². The summed E-state index contributed by atoms with van der Waals surface area (Å²) in [6.07, 6.45) is 7.47. The van der Waals surface area contributed by atoms with Crippen molar-refractivity contribution in [2.45, 2.75) is 38.7 Å². The van der Waals surface area contributed by atoms with Crippen molar-refractivity contribution in [3.05, 3.63) is 41.4 Å². The number of ether oxygens (including phenoxy) is 1. The molecule has 24 heavy (non-hydrogen) atoms. The summed E-state index contributed by atoms with van der Waals surface area (Å²) in [6, 6.07) is 0. The minimum absolute atomic E-state index is 0.0441. The van der Waals surface area contributed by atoms with Crippen LogP contribution in [0.5, 0.6) is 0 Å². The molecule has 1 aliphatic heterocycles. The van der Waals surface area contributed by atoms with Crippen molar-refractivity contribution in [1.82, 2.24) is 29.7 Å². The second-order valence-corrected chi connectivity index (χ2v) is 6.36. The van der Waals surface area contributed by atoms with Gasteiger partial charge in [-0.2, -0.15) is 5.10 Å². The van der Waals surface area contributed by atoms with E-state index in [0.29, 0.717) is 12.3 Å². The van der Waals surface area contributed by atoms with E-state index in [1.54, 1.807) is 10.9 Å². The fourth-order valence-corrected chi connectivity index (χ4v) is 3.11. The molecule has 0 spiro atoms. The molecule has 7 heteroatoms. The van der Waals surface area contributed by atoms with Gasteiger partial charge < -0.3 is 4.74 Å². The van der Waals surface area contributed by atoms with Gasteiger partial charge in [0.1, 0.15) is 11.3 Å². The molecule has 1 saturated heterocycles. The summed E-state index contributed by atoms with van der Waals surface area (Å²) < 4.78 is 7.72. The van der Waals surface area contributed by atoms with Gasteiger partial charge in [0, 0.05) is 31.3 Å². The second-order valence-electron chi connectivity index (χ2n) is 6.36. The molecule has 0 bridgehead atoms. The van der Waals surface area contributed by atoms with E-state index in [1.165, 1.54) is 0 Å². The Morgan fingerprint density at radius 3 is 2.75 bits per heavy atom. The molecular formula is C17H20N6O. The number of hydrogen-bond donors (Lipinski definition) is 0. The molecule has 124 valence electrons. The van der Waals surface area contributed by atoms with Crippen molar-refractivity contribution in [3.63, 3.8) is 0 Å². The molecule has 3 aromatic heterocycles. The molecule has 0 N–H and O–H groups in total. The average Bonchev–Trinajstić information content (AvgIpc) is 3.02. The smallest absolute Gasteiger partial charge is 0.181 e. The van der Waals surface area contributed by atoms with E-state index in [4.69, 9.17) is 4.74 Å². The number of aryl methyl sites for hydroxylation is 3. The van der Waals surface area contributed by atoms with Crippen LogP contribution in [0.15, 0.2) is 18.6 Å². The highest BCUT2D eigenvalue weighted by atomic mass is 16.5. The first-order chi connectivity index (χ1) is 11.6. The Hall–Kier alpha value is -2.41. The van der Waals surface area contributed by atoms with E-state index in [9.17, 15) is 0 Å². The summed E-state index contributed by atoms with van der Waals surface area (Å²) in [6.45, 7) is 4.60. The summed E-state index contributed by atoms with van der Waals surface area (Å²) in [4.78, 5) is 18.3. The number of hydrogen-bond acceptors (Lipinski definition) is 6. The molecule has 7 nitrogen and oxygen atoms in total. The van der Waals surface area contributed by atoms with Crippen LogP contribution in [-0.4, -0.2) is 36.3 Å². The van der Waals surface area contributed by atoms with Crippen molar-refractivity contribution in [3.8, 4) is 0 Å². The molecule has 2 unspecified atom stereocenters. The third-order valence-corrected chi connectivity index (χ3v) is 4.60. The highest BCUT2D eigenvalue weighted by Crippen LogP contribution is 2.36. The Morgan fingerprint density at radius 1 is 1.12 bits per heavy atom. The van der Waals surface area contributed by atoms with Crippen molar-refractivity contribution in [2.24, 2.45) is 7.05 Å². The summed E-state index contributed by atoms with van der Waals surface area (Å²) in [7, 11) is 1.92. The first kappa shape index (κ1) is 15.1. The Labute approximate surface area is 140 Å². The van der Waals surface area contributed by atoms with E-state index in [0.717, 1.165) is 41.1 Å². The van der Waals surface area contributed by atoms with Gasteiger partial charge in [-0.25, -0.2) is 19.9 Å². The van der Waals surface area contributed by atoms with Gasteiger partial charge in [0.25, 0.3) is 0 Å². The largest absolute Gasteiger partial charge is 0.373 e. The van der Waals surface area contributed by atoms with Gasteiger partial charge in [0.15, 0.2) is 5.65 Å². The zero-order chi connectivity index (χ0) is 16.7. The standard InChI is InChI=1S/C17H20N6O/c1-10-11(2)21-17-14(20-10)8-18-16(22-17)12-4-5-24-15(6-12)13-7-19-23(3)9-13/h7-9,12,15H,4-6H2,1-3H3. The molecule has 4 heterocycles. The normalized spacial score (nSPS) is 21.3. The van der Waals surface area contributed by atoms with Gasteiger partial charge in [-0.3, -0.25) is 4.68 Å². The minimum atomic E-state index is 0.0441. The van der Waals surface area contributed by atoms with Crippen molar-refractivity contribution >= 4 is 11.2 Å². The Balaban J connectivity index is 1.62. The van der Waals surface area contributed by atoms with E-state index in [1.807, 2.05) is 33.3 Å². The van der Waals surface area contributed by atoms with Crippen LogP contribution in [-0.2, 0) is 11.8 Å². The average molecular weight is 324 g/mol. The van der Waals surface area contributed by atoms with Crippen molar-refractivity contribution in [1.29, 1.82) is 0 Å². The maximum absolute atomic E-state index is 5.91. The van der Waals surface area contributed by atoms with Crippen LogP contribution in [0.3, 0.4) is 0 Å². The maximum Gasteiger partial charge on any atom is 0.181 e. The molecule has 0 saturated carbocycles. The molecule has 1 fully saturated rings. The molecule has 0 amide bonds. The van der Waals surface area contributed by atoms with Gasteiger partial charge in [0.2, 0.25) is 0 Å². The quantitative estimate of drug-likeness (QED) is 0.720. The van der Waals surface area contributed by atoms with Gasteiger partial charge in [0.05, 0.1) is 29.9 Å². The van der Waals surface area contributed by atoms with Crippen LogP contribution in [0.25, 0.3) is 11.2 Å². The van der Waals surface area contributed by atoms with Crippen molar-refractivity contribution in [2.75, 3.05) is 6.61 Å². The van der Waals surface area contributed by atoms with Gasteiger partial charge in [-0.15, -0.1) is 0 Å². The lowest BCUT2D eigenvalue weighted by Gasteiger charge is -2.28. The van der Waals surface area contributed by atoms with Gasteiger partial charge in [-0.1, -0.05) is 0 Å². The molecule has 4 rings (SSSR count). The maximum atomic E-state index is 5.91. The van der Waals surface area contributed by atoms with Crippen LogP contribution in [0.4, 0.5) is 0 Å². The second kappa shape index (κ2) is 5.90.